The van der Waals surface area contributed by atoms with Crippen molar-refractivity contribution in [3.8, 4) is 0 Å². The van der Waals surface area contributed by atoms with Gasteiger partial charge in [-0.2, -0.15) is 0 Å². The van der Waals surface area contributed by atoms with Gasteiger partial charge in [-0.1, -0.05) is 0 Å². The summed E-state index contributed by atoms with van der Waals surface area (Å²) < 4.78 is 28.2. The molecule has 2 atom stereocenters. The van der Waals surface area contributed by atoms with Crippen LogP contribution in [0.1, 0.15) is 11.9 Å². The van der Waals surface area contributed by atoms with Crippen molar-refractivity contribution in [2.75, 3.05) is 13.1 Å². The molecular weight excluding hydrogens is 78.0 g/mol. The van der Waals surface area contributed by atoms with E-state index in [0.29, 0.717) is 0 Å². The van der Waals surface area contributed by atoms with E-state index >= 15 is 0 Å². The second-order valence-electron chi connectivity index (χ2n) is 1.09. The highest BCUT2D eigenvalue weighted by Crippen LogP contribution is 1.93. The Morgan fingerprint density at radius 2 is 3.00 bits per heavy atom. The summed E-state index contributed by atoms with van der Waals surface area (Å²) in [6, 6.07) is 0. The van der Waals surface area contributed by atoms with E-state index in [0.717, 1.165) is 0 Å². The second-order valence-corrected chi connectivity index (χ2v) is 1.09. The lowest BCUT2D eigenvalue weighted by Crippen LogP contribution is -2.11. The Morgan fingerprint density at radius 3 is 3.17 bits per heavy atom. The first-order chi connectivity index (χ1) is 4.38. The molecule has 1 rings (SSSR count). The van der Waals surface area contributed by atoms with Crippen molar-refractivity contribution < 1.29 is 10.6 Å². The zero-order valence-electron chi connectivity index (χ0n) is 7.23. The Morgan fingerprint density at radius 1 is 2.17 bits per heavy atom. The smallest absolute Gasteiger partial charge is 0.0676 e. The molecule has 0 aromatic heterocycles. The average Bonchev–Trinajstić information content (AvgIpc) is 1.94. The highest BCUT2D eigenvalue weighted by atomic mass is 16.3. The predicted molar refractivity (Wildman–Crippen MR) is 23.5 cm³/mol. The van der Waals surface area contributed by atoms with Crippen LogP contribution in [0.25, 0.3) is 0 Å². The van der Waals surface area contributed by atoms with E-state index in [9.17, 15) is 0 Å². The van der Waals surface area contributed by atoms with Crippen LogP contribution in [0.15, 0.2) is 0 Å². The van der Waals surface area contributed by atoms with E-state index in [-0.39, 0.29) is 6.54 Å². The largest absolute Gasteiger partial charge is 0.392 e. The maximum absolute atomic E-state index is 9.03. The van der Waals surface area contributed by atoms with E-state index in [4.69, 9.17) is 10.6 Å². The van der Waals surface area contributed by atoms with Gasteiger partial charge in [-0.25, -0.2) is 0 Å². The summed E-state index contributed by atoms with van der Waals surface area (Å²) in [7, 11) is 0. The van der Waals surface area contributed by atoms with Crippen molar-refractivity contribution in [3.05, 3.63) is 0 Å². The highest BCUT2D eigenvalue weighted by Gasteiger charge is 2.08. The van der Waals surface area contributed by atoms with E-state index in [1.165, 1.54) is 0 Å². The Labute approximate surface area is 42.8 Å². The molecule has 1 aliphatic heterocycles. The van der Waals surface area contributed by atoms with Crippen LogP contribution in [0.3, 0.4) is 0 Å². The summed E-state index contributed by atoms with van der Waals surface area (Å²) >= 11 is 0. The molecule has 0 aromatic rings. The van der Waals surface area contributed by atoms with Crippen molar-refractivity contribution in [2.45, 2.75) is 12.5 Å². The Kier molecular flexibility index (Phi) is 0.383. The minimum absolute atomic E-state index is 0.138. The molecule has 36 valence electrons. The molecule has 1 saturated heterocycles. The maximum atomic E-state index is 9.03. The molecule has 0 amide bonds. The first kappa shape index (κ1) is 1.46. The fourth-order valence-corrected chi connectivity index (χ4v) is 0.340. The molecule has 1 aliphatic rings. The molecule has 2 heteroatoms. The van der Waals surface area contributed by atoms with Crippen molar-refractivity contribution >= 4 is 0 Å². The van der Waals surface area contributed by atoms with Crippen LogP contribution in [0.4, 0.5) is 0 Å². The number of β-amino-alcohol motifs (C(OH)–C–C–N with tert-alkyl or cyclic N) is 1. The number of nitrogens with one attached hydrogen (secondary N) is 1. The monoisotopic (exact) mass is 91.1 g/mol. The quantitative estimate of drug-likeness (QED) is 0.415. The summed E-state index contributed by atoms with van der Waals surface area (Å²) in [6.07, 6.45) is -4.33. The van der Waals surface area contributed by atoms with Crippen molar-refractivity contribution in [1.82, 2.24) is 5.32 Å². The van der Waals surface area contributed by atoms with Crippen molar-refractivity contribution in [3.63, 3.8) is 0 Å². The van der Waals surface area contributed by atoms with Gasteiger partial charge in [-0.3, -0.25) is 0 Å². The minimum Gasteiger partial charge on any atom is -0.392 e. The van der Waals surface area contributed by atoms with Crippen LogP contribution in [-0.2, 0) is 0 Å². The molecule has 0 radical (unpaired) electrons. The predicted octanol–water partition coefficient (Wildman–Crippen LogP) is -0.659. The average molecular weight is 91.1 g/mol. The van der Waals surface area contributed by atoms with Gasteiger partial charge in [0, 0.05) is 10.6 Å². The summed E-state index contributed by atoms with van der Waals surface area (Å²) in [6.45, 7) is -1.39. The molecule has 1 fully saturated rings. The van der Waals surface area contributed by atoms with Gasteiger partial charge in [0.2, 0.25) is 0 Å². The number of hydrogen-bond donors (Lipinski definition) is 2. The van der Waals surface area contributed by atoms with Gasteiger partial charge in [0.05, 0.1) is 7.45 Å². The molecule has 2 N–H and O–H groups in total. The fraction of sp³-hybridized carbons (Fsp3) is 1.00. The molecule has 1 heterocycles. The molecule has 0 saturated carbocycles. The standard InChI is InChI=1S/C4H9NO/c6-4-1-2-5-3-4/h4-6H,1-3H2/i1D2,3D,4D. The maximum Gasteiger partial charge on any atom is 0.0676 e. The van der Waals surface area contributed by atoms with E-state index in [1.807, 2.05) is 0 Å². The lowest BCUT2D eigenvalue weighted by Gasteiger charge is -1.90. The first-order valence-corrected chi connectivity index (χ1v) is 1.76. The lowest BCUT2D eigenvalue weighted by atomic mass is 10.3. The number of rotatable bonds is 0. The van der Waals surface area contributed by atoms with Gasteiger partial charge >= 0.3 is 0 Å². The Bertz CT molecular complexity index is 148. The van der Waals surface area contributed by atoms with Gasteiger partial charge in [-0.05, 0) is 12.9 Å². The van der Waals surface area contributed by atoms with E-state index in [1.54, 1.807) is 0 Å². The second kappa shape index (κ2) is 1.58. The molecular formula is C4H9NO. The zero-order chi connectivity index (χ0) is 7.99. The zero-order valence-corrected chi connectivity index (χ0v) is 3.23. The molecule has 0 spiro atoms. The van der Waals surface area contributed by atoms with E-state index < -0.39 is 19.0 Å². The van der Waals surface area contributed by atoms with Crippen molar-refractivity contribution in [1.29, 1.82) is 0 Å². The number of aliphatic hydroxyl groups is 1. The SMILES string of the molecule is [2H]C1NCC([2H])([2H])C1([2H])O. The van der Waals surface area contributed by atoms with E-state index in [2.05, 4.69) is 5.32 Å². The van der Waals surface area contributed by atoms with Crippen molar-refractivity contribution in [2.24, 2.45) is 0 Å². The molecule has 0 aliphatic carbocycles. The molecule has 0 aromatic carbocycles. The molecule has 6 heavy (non-hydrogen) atoms. The third-order valence-electron chi connectivity index (χ3n) is 0.610. The van der Waals surface area contributed by atoms with Gasteiger partial charge in [0.25, 0.3) is 0 Å². The van der Waals surface area contributed by atoms with Crippen LogP contribution in [0.2, 0.25) is 0 Å². The summed E-state index contributed by atoms with van der Waals surface area (Å²) in [5, 5.41) is 11.4. The van der Waals surface area contributed by atoms with Crippen LogP contribution < -0.4 is 5.32 Å². The molecule has 2 nitrogen and oxygen atoms in total. The van der Waals surface area contributed by atoms with Gasteiger partial charge in [0.1, 0.15) is 0 Å². The fourth-order valence-electron chi connectivity index (χ4n) is 0.340. The third kappa shape index (κ3) is 0.698. The normalized spacial score (nSPS) is 77.2. The van der Waals surface area contributed by atoms with Crippen LogP contribution >= 0.6 is 0 Å². The topological polar surface area (TPSA) is 32.3 Å². The van der Waals surface area contributed by atoms with Gasteiger partial charge in [-0.15, -0.1) is 0 Å². The summed E-state index contributed by atoms with van der Waals surface area (Å²) in [5.74, 6) is 0. The van der Waals surface area contributed by atoms with Gasteiger partial charge in [0.15, 0.2) is 0 Å². The highest BCUT2D eigenvalue weighted by molar-refractivity contribution is 4.67. The molecule has 0 bridgehead atoms. The summed E-state index contributed by atoms with van der Waals surface area (Å²) in [4.78, 5) is 0. The lowest BCUT2D eigenvalue weighted by molar-refractivity contribution is 0.196. The van der Waals surface area contributed by atoms with Crippen LogP contribution in [0.5, 0.6) is 0 Å². The Hall–Kier alpha value is -0.0800. The first-order valence-electron chi connectivity index (χ1n) is 3.84. The molecule has 2 unspecified atom stereocenters. The number of hydrogen-bond acceptors (Lipinski definition) is 2. The third-order valence-corrected chi connectivity index (χ3v) is 0.610. The van der Waals surface area contributed by atoms with Gasteiger partial charge < -0.3 is 10.4 Å². The van der Waals surface area contributed by atoms with Crippen LogP contribution in [0, 0.1) is 0 Å². The minimum atomic E-state index is -2.31. The van der Waals surface area contributed by atoms with Crippen LogP contribution in [-0.4, -0.2) is 24.3 Å². The Balaban J connectivity index is 2.84. The summed E-state index contributed by atoms with van der Waals surface area (Å²) in [5.41, 5.74) is 0.